The summed E-state index contributed by atoms with van der Waals surface area (Å²) in [5, 5.41) is 13.9. The van der Waals surface area contributed by atoms with Crippen molar-refractivity contribution in [1.29, 1.82) is 0 Å². The minimum atomic E-state index is -0.403. The highest BCUT2D eigenvalue weighted by Gasteiger charge is 2.26. The van der Waals surface area contributed by atoms with Crippen LogP contribution in [0.5, 0.6) is 0 Å². The molecule has 1 aliphatic rings. The molecular weight excluding hydrogens is 370 g/mol. The molecule has 2 aromatic carbocycles. The van der Waals surface area contributed by atoms with Crippen LogP contribution in [0.2, 0.25) is 0 Å². The van der Waals surface area contributed by atoms with E-state index >= 15 is 0 Å². The molecule has 1 aromatic heterocycles. The second kappa shape index (κ2) is 8.59. The van der Waals surface area contributed by atoms with Gasteiger partial charge >= 0.3 is 5.82 Å². The maximum Gasteiger partial charge on any atom is 0.406 e. The van der Waals surface area contributed by atoms with Crippen molar-refractivity contribution in [3.05, 3.63) is 64.5 Å². The Labute approximate surface area is 169 Å². The van der Waals surface area contributed by atoms with Gasteiger partial charge < -0.3 is 19.8 Å². The molecule has 0 unspecified atom stereocenters. The second-order valence-corrected chi connectivity index (χ2v) is 7.27. The van der Waals surface area contributed by atoms with Gasteiger partial charge in [-0.15, -0.1) is 0 Å². The van der Waals surface area contributed by atoms with E-state index in [0.717, 1.165) is 49.2 Å². The zero-order chi connectivity index (χ0) is 20.2. The summed E-state index contributed by atoms with van der Waals surface area (Å²) in [5.74, 6) is 0.436. The summed E-state index contributed by atoms with van der Waals surface area (Å²) in [5.41, 5.74) is 1.14. The van der Waals surface area contributed by atoms with E-state index in [-0.39, 0.29) is 5.82 Å². The van der Waals surface area contributed by atoms with Crippen molar-refractivity contribution in [2.75, 3.05) is 44.3 Å². The molecule has 3 aromatic rings. The normalized spacial score (nSPS) is 14.9. The first kappa shape index (κ1) is 19.4. The van der Waals surface area contributed by atoms with Crippen molar-refractivity contribution in [3.63, 3.8) is 0 Å². The number of nitro groups is 1. The summed E-state index contributed by atoms with van der Waals surface area (Å²) >= 11 is 0. The van der Waals surface area contributed by atoms with Crippen LogP contribution >= 0.6 is 0 Å². The smallest absolute Gasteiger partial charge is 0.379 e. The maximum absolute atomic E-state index is 11.6. The minimum Gasteiger partial charge on any atom is -0.379 e. The van der Waals surface area contributed by atoms with E-state index in [9.17, 15) is 10.1 Å². The lowest BCUT2D eigenvalue weighted by molar-refractivity contribution is -0.388. The number of benzene rings is 2. The molecule has 29 heavy (non-hydrogen) atoms. The molecule has 2 heterocycles. The third-order valence-electron chi connectivity index (χ3n) is 5.39. The molecule has 1 fully saturated rings. The van der Waals surface area contributed by atoms with E-state index in [1.54, 1.807) is 11.6 Å². The fourth-order valence-corrected chi connectivity index (χ4v) is 3.89. The predicted molar refractivity (Wildman–Crippen MR) is 112 cm³/mol. The van der Waals surface area contributed by atoms with Crippen LogP contribution in [0.25, 0.3) is 10.8 Å². The van der Waals surface area contributed by atoms with Crippen LogP contribution in [0.3, 0.4) is 0 Å². The Morgan fingerprint density at radius 1 is 1.17 bits per heavy atom. The number of hydrogen-bond acceptors (Lipinski definition) is 6. The lowest BCUT2D eigenvalue weighted by Crippen LogP contribution is -2.41. The molecule has 0 spiro atoms. The van der Waals surface area contributed by atoms with Crippen LogP contribution in [-0.4, -0.2) is 58.8 Å². The van der Waals surface area contributed by atoms with Gasteiger partial charge in [0.15, 0.2) is 0 Å². The molecule has 4 rings (SSSR count). The molecule has 8 nitrogen and oxygen atoms in total. The van der Waals surface area contributed by atoms with E-state index in [1.165, 1.54) is 6.33 Å². The number of anilines is 1. The number of ether oxygens (including phenoxy) is 1. The fourth-order valence-electron chi connectivity index (χ4n) is 3.89. The zero-order valence-electron chi connectivity index (χ0n) is 16.5. The second-order valence-electron chi connectivity index (χ2n) is 7.27. The summed E-state index contributed by atoms with van der Waals surface area (Å²) in [6.45, 7) is 5.29. The summed E-state index contributed by atoms with van der Waals surface area (Å²) in [4.78, 5) is 19.6. The zero-order valence-corrected chi connectivity index (χ0v) is 16.5. The van der Waals surface area contributed by atoms with Crippen LogP contribution in [0.4, 0.5) is 11.6 Å². The van der Waals surface area contributed by atoms with E-state index in [1.807, 2.05) is 18.2 Å². The number of rotatable bonds is 7. The van der Waals surface area contributed by atoms with Gasteiger partial charge in [-0.2, -0.15) is 0 Å². The summed E-state index contributed by atoms with van der Waals surface area (Å²) in [6.07, 6.45) is 1.51. The Balaban J connectivity index is 1.66. The molecular formula is C21H25N5O3. The first-order valence-electron chi connectivity index (χ1n) is 9.81. The predicted octanol–water partition coefficient (Wildman–Crippen LogP) is 2.82. The highest BCUT2D eigenvalue weighted by molar-refractivity contribution is 5.85. The quantitative estimate of drug-likeness (QED) is 0.452. The van der Waals surface area contributed by atoms with Gasteiger partial charge in [0.1, 0.15) is 0 Å². The van der Waals surface area contributed by atoms with E-state index in [2.05, 4.69) is 39.0 Å². The van der Waals surface area contributed by atoms with Crippen LogP contribution < -0.4 is 4.90 Å². The van der Waals surface area contributed by atoms with Crippen molar-refractivity contribution in [3.8, 4) is 0 Å². The fraction of sp³-hybridized carbons (Fsp3) is 0.381. The average molecular weight is 395 g/mol. The Kier molecular flexibility index (Phi) is 5.73. The largest absolute Gasteiger partial charge is 0.406 e. The lowest BCUT2D eigenvalue weighted by atomic mass is 10.0. The summed E-state index contributed by atoms with van der Waals surface area (Å²) in [6, 6.07) is 14.4. The Bertz CT molecular complexity index is 992. The van der Waals surface area contributed by atoms with Crippen molar-refractivity contribution in [2.45, 2.75) is 6.54 Å². The maximum atomic E-state index is 11.6. The van der Waals surface area contributed by atoms with Crippen molar-refractivity contribution < 1.29 is 9.66 Å². The highest BCUT2D eigenvalue weighted by atomic mass is 16.6. The van der Waals surface area contributed by atoms with Crippen molar-refractivity contribution >= 4 is 22.4 Å². The molecule has 0 amide bonds. The number of nitrogens with zero attached hydrogens (tertiary/aromatic N) is 5. The van der Waals surface area contributed by atoms with Gasteiger partial charge in [0.2, 0.25) is 12.1 Å². The number of morpholine rings is 1. The average Bonchev–Trinajstić information content (AvgIpc) is 3.13. The van der Waals surface area contributed by atoms with Gasteiger partial charge in [0, 0.05) is 39.8 Å². The van der Waals surface area contributed by atoms with Crippen molar-refractivity contribution in [2.24, 2.45) is 7.05 Å². The van der Waals surface area contributed by atoms with Crippen LogP contribution in [0.15, 0.2) is 48.8 Å². The highest BCUT2D eigenvalue weighted by Crippen LogP contribution is 2.29. The minimum absolute atomic E-state index is 0.102. The van der Waals surface area contributed by atoms with Gasteiger partial charge in [0.25, 0.3) is 0 Å². The SMILES string of the molecule is Cn1cnc([N+](=O)[O-])c1N(CCN1CCOCC1)Cc1cccc2ccccc12. The summed E-state index contributed by atoms with van der Waals surface area (Å²) < 4.78 is 7.17. The van der Waals surface area contributed by atoms with Crippen LogP contribution in [0.1, 0.15) is 5.56 Å². The van der Waals surface area contributed by atoms with E-state index in [4.69, 9.17) is 4.74 Å². The molecule has 1 aliphatic heterocycles. The molecule has 0 saturated carbocycles. The Hall–Kier alpha value is -2.97. The Morgan fingerprint density at radius 2 is 1.93 bits per heavy atom. The van der Waals surface area contributed by atoms with E-state index < -0.39 is 4.92 Å². The standard InChI is InChI=1S/C21H25N5O3/c1-23-16-22-20(26(27)28)21(23)25(10-9-24-11-13-29-14-12-24)15-18-7-4-6-17-5-2-3-8-19(17)18/h2-8,16H,9-15H2,1H3. The van der Waals surface area contributed by atoms with Crippen LogP contribution in [0, 0.1) is 10.1 Å². The van der Waals surface area contributed by atoms with Gasteiger partial charge in [-0.25, -0.2) is 0 Å². The molecule has 0 radical (unpaired) electrons. The van der Waals surface area contributed by atoms with Gasteiger partial charge in [-0.1, -0.05) is 42.5 Å². The molecule has 152 valence electrons. The Morgan fingerprint density at radius 3 is 2.72 bits per heavy atom. The summed E-state index contributed by atoms with van der Waals surface area (Å²) in [7, 11) is 1.81. The van der Waals surface area contributed by atoms with E-state index in [0.29, 0.717) is 18.9 Å². The van der Waals surface area contributed by atoms with Gasteiger partial charge in [-0.05, 0) is 26.2 Å². The van der Waals surface area contributed by atoms with Crippen molar-refractivity contribution in [1.82, 2.24) is 14.5 Å². The number of aryl methyl sites for hydroxylation is 1. The topological polar surface area (TPSA) is 76.7 Å². The number of hydrogen-bond donors (Lipinski definition) is 0. The molecule has 0 N–H and O–H groups in total. The number of aromatic nitrogens is 2. The molecule has 1 saturated heterocycles. The number of imidazole rings is 1. The third-order valence-corrected chi connectivity index (χ3v) is 5.39. The molecule has 8 heteroatoms. The number of fused-ring (bicyclic) bond motifs is 1. The molecule has 0 aliphatic carbocycles. The molecule has 0 atom stereocenters. The van der Waals surface area contributed by atoms with Gasteiger partial charge in [0.05, 0.1) is 13.2 Å². The lowest BCUT2D eigenvalue weighted by Gasteiger charge is -2.31. The monoisotopic (exact) mass is 395 g/mol. The van der Waals surface area contributed by atoms with Gasteiger partial charge in [-0.3, -0.25) is 9.47 Å². The first-order valence-corrected chi connectivity index (χ1v) is 9.81. The third kappa shape index (κ3) is 4.23. The first-order chi connectivity index (χ1) is 14.1. The molecule has 0 bridgehead atoms. The van der Waals surface area contributed by atoms with Crippen LogP contribution in [-0.2, 0) is 18.3 Å².